The molecule has 1 amide bonds. The van der Waals surface area contributed by atoms with E-state index in [1.807, 2.05) is 31.2 Å². The molecule has 0 aliphatic carbocycles. The van der Waals surface area contributed by atoms with Crippen molar-refractivity contribution in [3.8, 4) is 0 Å². The highest BCUT2D eigenvalue weighted by atomic mass is 32.2. The van der Waals surface area contributed by atoms with Gasteiger partial charge in [-0.05, 0) is 19.1 Å². The quantitative estimate of drug-likeness (QED) is 0.799. The van der Waals surface area contributed by atoms with Gasteiger partial charge in [0.25, 0.3) is 5.91 Å². The number of fused-ring (bicyclic) bond motifs is 1. The van der Waals surface area contributed by atoms with Crippen molar-refractivity contribution in [3.63, 3.8) is 0 Å². The molecule has 1 heterocycles. The molecule has 0 unspecified atom stereocenters. The van der Waals surface area contributed by atoms with Crippen LogP contribution in [-0.4, -0.2) is 40.0 Å². The number of carbonyl (C=O) groups excluding carboxylic acids is 1. The van der Waals surface area contributed by atoms with Gasteiger partial charge in [-0.3, -0.25) is 14.6 Å². The second kappa shape index (κ2) is 7.08. The maximum atomic E-state index is 12.2. The van der Waals surface area contributed by atoms with Crippen LogP contribution in [-0.2, 0) is 4.79 Å². The van der Waals surface area contributed by atoms with Gasteiger partial charge in [-0.25, -0.2) is 0 Å². The maximum absolute atomic E-state index is 12.2. The molecule has 2 N–H and O–H groups in total. The summed E-state index contributed by atoms with van der Waals surface area (Å²) in [4.78, 5) is 27.0. The number of thioether (sulfide) groups is 1. The largest absolute Gasteiger partial charge is 0.481 e. The van der Waals surface area contributed by atoms with Crippen molar-refractivity contribution >= 4 is 34.5 Å². The zero-order chi connectivity index (χ0) is 15.2. The summed E-state index contributed by atoms with van der Waals surface area (Å²) in [7, 11) is 0. The number of carboxylic acids is 1. The average molecular weight is 304 g/mol. The first-order valence-corrected chi connectivity index (χ1v) is 7.67. The predicted octanol–water partition coefficient (Wildman–Crippen LogP) is 2.09. The van der Waals surface area contributed by atoms with E-state index in [0.717, 1.165) is 16.6 Å². The highest BCUT2D eigenvalue weighted by Gasteiger charge is 2.11. The van der Waals surface area contributed by atoms with Gasteiger partial charge in [-0.1, -0.05) is 18.2 Å². The molecule has 0 saturated heterocycles. The fourth-order valence-electron chi connectivity index (χ4n) is 1.99. The van der Waals surface area contributed by atoms with Crippen molar-refractivity contribution < 1.29 is 14.7 Å². The van der Waals surface area contributed by atoms with Gasteiger partial charge in [0.2, 0.25) is 0 Å². The molecule has 0 radical (unpaired) electrons. The first-order valence-electron chi connectivity index (χ1n) is 6.52. The maximum Gasteiger partial charge on any atom is 0.313 e. The van der Waals surface area contributed by atoms with Gasteiger partial charge in [0.1, 0.15) is 0 Å². The van der Waals surface area contributed by atoms with E-state index in [1.54, 1.807) is 6.07 Å². The Morgan fingerprint density at radius 1 is 1.33 bits per heavy atom. The molecule has 2 aromatic rings. The van der Waals surface area contributed by atoms with Crippen molar-refractivity contribution in [2.75, 3.05) is 18.1 Å². The van der Waals surface area contributed by atoms with Crippen LogP contribution >= 0.6 is 11.8 Å². The number of carboxylic acid groups (broad SMARTS) is 1. The van der Waals surface area contributed by atoms with E-state index in [2.05, 4.69) is 10.3 Å². The normalized spacial score (nSPS) is 10.5. The lowest BCUT2D eigenvalue weighted by molar-refractivity contribution is -0.133. The monoisotopic (exact) mass is 304 g/mol. The number of carbonyl (C=O) groups is 2. The Morgan fingerprint density at radius 2 is 2.10 bits per heavy atom. The standard InChI is InChI=1S/C15H16N2O3S/c1-10-8-12(11-4-2-3-5-13(11)17-10)15(20)16-6-7-21-9-14(18)19/h2-5,8H,6-7,9H2,1H3,(H,16,20)(H,18,19). The molecule has 0 spiro atoms. The number of rotatable bonds is 6. The molecule has 5 nitrogen and oxygen atoms in total. The Morgan fingerprint density at radius 3 is 2.86 bits per heavy atom. The van der Waals surface area contributed by atoms with Gasteiger partial charge in [0, 0.05) is 23.4 Å². The van der Waals surface area contributed by atoms with E-state index < -0.39 is 5.97 Å². The second-order valence-corrected chi connectivity index (χ2v) is 5.64. The van der Waals surface area contributed by atoms with Crippen LogP contribution in [0.1, 0.15) is 16.1 Å². The fraction of sp³-hybridized carbons (Fsp3) is 0.267. The van der Waals surface area contributed by atoms with Crippen LogP contribution in [0.15, 0.2) is 30.3 Å². The van der Waals surface area contributed by atoms with E-state index in [1.165, 1.54) is 11.8 Å². The van der Waals surface area contributed by atoms with E-state index in [4.69, 9.17) is 5.11 Å². The van der Waals surface area contributed by atoms with Crippen LogP contribution in [0.2, 0.25) is 0 Å². The molecule has 0 aliphatic heterocycles. The number of nitrogens with zero attached hydrogens (tertiary/aromatic N) is 1. The van der Waals surface area contributed by atoms with Crippen LogP contribution in [0.4, 0.5) is 0 Å². The first-order chi connectivity index (χ1) is 10.1. The molecule has 0 bridgehead atoms. The minimum absolute atomic E-state index is 0.0488. The number of nitrogens with one attached hydrogen (secondary N) is 1. The van der Waals surface area contributed by atoms with E-state index in [-0.39, 0.29) is 11.7 Å². The molecule has 2 rings (SSSR count). The number of pyridine rings is 1. The Kier molecular flexibility index (Phi) is 5.16. The number of para-hydroxylation sites is 1. The average Bonchev–Trinajstić information content (AvgIpc) is 2.45. The number of aromatic nitrogens is 1. The number of hydrogen-bond donors (Lipinski definition) is 2. The molecular formula is C15H16N2O3S. The number of aliphatic carboxylic acids is 1. The van der Waals surface area contributed by atoms with Gasteiger partial charge in [-0.2, -0.15) is 0 Å². The molecule has 1 aromatic carbocycles. The van der Waals surface area contributed by atoms with Crippen LogP contribution in [0, 0.1) is 6.92 Å². The number of hydrogen-bond acceptors (Lipinski definition) is 4. The van der Waals surface area contributed by atoms with Crippen LogP contribution < -0.4 is 5.32 Å². The van der Waals surface area contributed by atoms with Gasteiger partial charge in [0.15, 0.2) is 0 Å². The molecular weight excluding hydrogens is 288 g/mol. The van der Waals surface area contributed by atoms with Crippen LogP contribution in [0.5, 0.6) is 0 Å². The molecule has 1 aromatic heterocycles. The first kappa shape index (κ1) is 15.3. The second-order valence-electron chi connectivity index (χ2n) is 4.53. The zero-order valence-corrected chi connectivity index (χ0v) is 12.4. The van der Waals surface area contributed by atoms with Crippen molar-refractivity contribution in [2.24, 2.45) is 0 Å². The minimum atomic E-state index is -0.845. The van der Waals surface area contributed by atoms with Gasteiger partial charge < -0.3 is 10.4 Å². The minimum Gasteiger partial charge on any atom is -0.481 e. The number of benzene rings is 1. The Labute approximate surface area is 126 Å². The SMILES string of the molecule is Cc1cc(C(=O)NCCSCC(=O)O)c2ccccc2n1. The molecule has 21 heavy (non-hydrogen) atoms. The lowest BCUT2D eigenvalue weighted by Crippen LogP contribution is -2.26. The molecule has 6 heteroatoms. The summed E-state index contributed by atoms with van der Waals surface area (Å²) in [6.07, 6.45) is 0. The van der Waals surface area contributed by atoms with Crippen molar-refractivity contribution in [1.82, 2.24) is 10.3 Å². The molecule has 0 aliphatic rings. The molecule has 0 saturated carbocycles. The van der Waals surface area contributed by atoms with Gasteiger partial charge in [-0.15, -0.1) is 11.8 Å². The highest BCUT2D eigenvalue weighted by molar-refractivity contribution is 7.99. The lowest BCUT2D eigenvalue weighted by atomic mass is 10.1. The van der Waals surface area contributed by atoms with Crippen molar-refractivity contribution in [3.05, 3.63) is 41.6 Å². The van der Waals surface area contributed by atoms with Crippen molar-refractivity contribution in [2.45, 2.75) is 6.92 Å². The smallest absolute Gasteiger partial charge is 0.313 e. The summed E-state index contributed by atoms with van der Waals surface area (Å²) in [5, 5.41) is 12.2. The molecule has 0 atom stereocenters. The summed E-state index contributed by atoms with van der Waals surface area (Å²) < 4.78 is 0. The fourth-order valence-corrected chi connectivity index (χ4v) is 2.55. The summed E-state index contributed by atoms with van der Waals surface area (Å²) in [6.45, 7) is 2.29. The summed E-state index contributed by atoms with van der Waals surface area (Å²) in [5.74, 6) is -0.387. The van der Waals surface area contributed by atoms with Gasteiger partial charge >= 0.3 is 5.97 Å². The Hall–Kier alpha value is -2.08. The van der Waals surface area contributed by atoms with Crippen molar-refractivity contribution in [1.29, 1.82) is 0 Å². The van der Waals surface area contributed by atoms with E-state index >= 15 is 0 Å². The third-order valence-corrected chi connectivity index (χ3v) is 3.79. The lowest BCUT2D eigenvalue weighted by Gasteiger charge is -2.08. The number of aryl methyl sites for hydroxylation is 1. The van der Waals surface area contributed by atoms with E-state index in [9.17, 15) is 9.59 Å². The summed E-state index contributed by atoms with van der Waals surface area (Å²) in [5.41, 5.74) is 2.18. The topological polar surface area (TPSA) is 79.3 Å². The predicted molar refractivity (Wildman–Crippen MR) is 83.8 cm³/mol. The van der Waals surface area contributed by atoms with Gasteiger partial charge in [0.05, 0.1) is 16.8 Å². The third kappa shape index (κ3) is 4.19. The zero-order valence-electron chi connectivity index (χ0n) is 11.6. The van der Waals surface area contributed by atoms with Crippen LogP contribution in [0.3, 0.4) is 0 Å². The summed E-state index contributed by atoms with van der Waals surface area (Å²) in [6, 6.07) is 9.28. The number of amides is 1. The van der Waals surface area contributed by atoms with E-state index in [0.29, 0.717) is 17.9 Å². The summed E-state index contributed by atoms with van der Waals surface area (Å²) >= 11 is 1.28. The Bertz CT molecular complexity index is 673. The highest BCUT2D eigenvalue weighted by Crippen LogP contribution is 2.18. The molecule has 110 valence electrons. The Balaban J connectivity index is 2.04. The van der Waals surface area contributed by atoms with Crippen LogP contribution in [0.25, 0.3) is 10.9 Å². The third-order valence-electron chi connectivity index (χ3n) is 2.85. The molecule has 0 fully saturated rings.